The van der Waals surface area contributed by atoms with Gasteiger partial charge in [0.2, 0.25) is 0 Å². The highest BCUT2D eigenvalue weighted by atomic mass is 35.5. The molecule has 0 fully saturated rings. The lowest BCUT2D eigenvalue weighted by atomic mass is 9.96. The second kappa shape index (κ2) is 7.42. The number of hydrogen-bond donors (Lipinski definition) is 1. The summed E-state index contributed by atoms with van der Waals surface area (Å²) < 4.78 is 0. The molecule has 1 nitrogen and oxygen atoms in total. The molecule has 0 saturated heterocycles. The summed E-state index contributed by atoms with van der Waals surface area (Å²) in [6.07, 6.45) is 2.70. The van der Waals surface area contributed by atoms with Crippen LogP contribution in [0.1, 0.15) is 55.9 Å². The fraction of sp³-hybridized carbons (Fsp3) is 0.300. The molecule has 2 rings (SSSR count). The molecule has 3 heteroatoms. The second-order valence-electron chi connectivity index (χ2n) is 6.41. The summed E-state index contributed by atoms with van der Waals surface area (Å²) in [5, 5.41) is 11.3. The number of rotatable bonds is 4. The molecule has 2 aromatic carbocycles. The molecule has 0 saturated carbocycles. The molecule has 0 aromatic heterocycles. The van der Waals surface area contributed by atoms with E-state index in [2.05, 4.69) is 19.9 Å². The van der Waals surface area contributed by atoms with Crippen molar-refractivity contribution in [1.29, 1.82) is 0 Å². The second-order valence-corrected chi connectivity index (χ2v) is 7.22. The lowest BCUT2D eigenvalue weighted by Crippen LogP contribution is -1.95. The number of phenols is 1. The Labute approximate surface area is 148 Å². The van der Waals surface area contributed by atoms with E-state index in [1.165, 1.54) is 5.57 Å². The molecule has 0 aliphatic carbocycles. The average molecular weight is 349 g/mol. The zero-order valence-corrected chi connectivity index (χ0v) is 15.5. The molecule has 1 N–H and O–H groups in total. The molecule has 0 amide bonds. The van der Waals surface area contributed by atoms with Crippen LogP contribution < -0.4 is 0 Å². The molecule has 2 aromatic rings. The maximum atomic E-state index is 9.94. The van der Waals surface area contributed by atoms with Gasteiger partial charge in [0, 0.05) is 16.5 Å². The predicted molar refractivity (Wildman–Crippen MR) is 101 cm³/mol. The Morgan fingerprint density at radius 3 is 2.22 bits per heavy atom. The van der Waals surface area contributed by atoms with Crippen molar-refractivity contribution >= 4 is 29.3 Å². The van der Waals surface area contributed by atoms with Gasteiger partial charge >= 0.3 is 0 Å². The monoisotopic (exact) mass is 348 g/mol. The maximum Gasteiger partial charge on any atom is 0.119 e. The van der Waals surface area contributed by atoms with E-state index in [0.29, 0.717) is 22.2 Å². The molecule has 0 aliphatic rings. The average Bonchev–Trinajstić information content (AvgIpc) is 2.43. The van der Waals surface area contributed by atoms with Crippen LogP contribution in [0.4, 0.5) is 0 Å². The van der Waals surface area contributed by atoms with Crippen molar-refractivity contribution in [3.8, 4) is 5.75 Å². The third-order valence-electron chi connectivity index (χ3n) is 3.71. The first-order valence-corrected chi connectivity index (χ1v) is 8.48. The normalized spacial score (nSPS) is 10.9. The van der Waals surface area contributed by atoms with Gasteiger partial charge < -0.3 is 5.11 Å². The number of halogens is 2. The fourth-order valence-corrected chi connectivity index (χ4v) is 3.23. The molecule has 23 heavy (non-hydrogen) atoms. The Balaban J connectivity index is 2.37. The summed E-state index contributed by atoms with van der Waals surface area (Å²) >= 11 is 12.9. The van der Waals surface area contributed by atoms with Crippen molar-refractivity contribution in [2.75, 3.05) is 0 Å². The van der Waals surface area contributed by atoms with Crippen molar-refractivity contribution in [3.05, 3.63) is 68.2 Å². The van der Waals surface area contributed by atoms with Gasteiger partial charge in [-0.05, 0) is 60.2 Å². The molecule has 122 valence electrons. The van der Waals surface area contributed by atoms with E-state index in [1.54, 1.807) is 6.07 Å². The zero-order chi connectivity index (χ0) is 17.1. The number of hydrogen-bond acceptors (Lipinski definition) is 1. The number of aromatic hydroxyl groups is 1. The summed E-state index contributed by atoms with van der Waals surface area (Å²) in [4.78, 5) is 0. The smallest absolute Gasteiger partial charge is 0.119 e. The minimum atomic E-state index is 0.265. The molecular weight excluding hydrogens is 327 g/mol. The number of allylic oxidation sites excluding steroid dienone is 1. The van der Waals surface area contributed by atoms with Crippen LogP contribution in [0.2, 0.25) is 10.0 Å². The predicted octanol–water partition coefficient (Wildman–Crippen LogP) is 6.84. The van der Waals surface area contributed by atoms with Crippen LogP contribution in [0.15, 0.2) is 35.9 Å². The van der Waals surface area contributed by atoms with Crippen molar-refractivity contribution < 1.29 is 5.11 Å². The Morgan fingerprint density at radius 1 is 1.09 bits per heavy atom. The van der Waals surface area contributed by atoms with Gasteiger partial charge in [-0.1, -0.05) is 60.8 Å². The van der Waals surface area contributed by atoms with Crippen LogP contribution in [0, 0.1) is 0 Å². The number of benzene rings is 2. The topological polar surface area (TPSA) is 20.2 Å². The van der Waals surface area contributed by atoms with Crippen molar-refractivity contribution in [1.82, 2.24) is 0 Å². The lowest BCUT2D eigenvalue weighted by Gasteiger charge is -2.13. The van der Waals surface area contributed by atoms with E-state index >= 15 is 0 Å². The summed E-state index contributed by atoms with van der Waals surface area (Å²) in [6, 6.07) is 9.57. The van der Waals surface area contributed by atoms with Gasteiger partial charge in [-0.2, -0.15) is 0 Å². The van der Waals surface area contributed by atoms with Gasteiger partial charge in [0.1, 0.15) is 5.75 Å². The van der Waals surface area contributed by atoms with Crippen molar-refractivity contribution in [2.24, 2.45) is 0 Å². The molecule has 0 unspecified atom stereocenters. The molecule has 0 atom stereocenters. The van der Waals surface area contributed by atoms with Gasteiger partial charge in [0.15, 0.2) is 0 Å². The standard InChI is InChI=1S/C20H22Cl2O/c1-12(2)7-15-10-18(21)17(19(22)11-15)9-14-5-6-20(23)16(8-14)13(3)4/h5-8,10-11,13,23H,9H2,1-4H3. The van der Waals surface area contributed by atoms with E-state index < -0.39 is 0 Å². The third kappa shape index (κ3) is 4.53. The summed E-state index contributed by atoms with van der Waals surface area (Å²) in [5.41, 5.74) is 5.16. The van der Waals surface area contributed by atoms with E-state index in [4.69, 9.17) is 23.2 Å². The van der Waals surface area contributed by atoms with E-state index in [-0.39, 0.29) is 5.92 Å². The first-order chi connectivity index (χ1) is 10.8. The van der Waals surface area contributed by atoms with Gasteiger partial charge in [-0.15, -0.1) is 0 Å². The Morgan fingerprint density at radius 2 is 1.70 bits per heavy atom. The van der Waals surface area contributed by atoms with E-state index in [0.717, 1.165) is 22.3 Å². The van der Waals surface area contributed by atoms with Crippen LogP contribution in [-0.2, 0) is 6.42 Å². The highest BCUT2D eigenvalue weighted by molar-refractivity contribution is 6.36. The molecule has 0 bridgehead atoms. The minimum Gasteiger partial charge on any atom is -0.508 e. The van der Waals surface area contributed by atoms with Crippen molar-refractivity contribution in [3.63, 3.8) is 0 Å². The Bertz CT molecular complexity index is 718. The van der Waals surface area contributed by atoms with Gasteiger partial charge in [0.25, 0.3) is 0 Å². The molecular formula is C20H22Cl2O. The summed E-state index contributed by atoms with van der Waals surface area (Å²) in [5.74, 6) is 0.598. The molecule has 0 heterocycles. The number of phenolic OH excluding ortho intramolecular Hbond substituents is 1. The lowest BCUT2D eigenvalue weighted by molar-refractivity contribution is 0.464. The SMILES string of the molecule is CC(C)=Cc1cc(Cl)c(Cc2ccc(O)c(C(C)C)c2)c(Cl)c1. The third-order valence-corrected chi connectivity index (χ3v) is 4.39. The van der Waals surface area contributed by atoms with Crippen LogP contribution in [0.25, 0.3) is 6.08 Å². The first-order valence-electron chi connectivity index (χ1n) is 7.72. The summed E-state index contributed by atoms with van der Waals surface area (Å²) in [6.45, 7) is 8.21. The van der Waals surface area contributed by atoms with Crippen LogP contribution in [0.5, 0.6) is 5.75 Å². The minimum absolute atomic E-state index is 0.265. The van der Waals surface area contributed by atoms with Gasteiger partial charge in [0.05, 0.1) is 0 Å². The van der Waals surface area contributed by atoms with Crippen molar-refractivity contribution in [2.45, 2.75) is 40.0 Å². The molecule has 0 spiro atoms. The van der Waals surface area contributed by atoms with Crippen LogP contribution >= 0.6 is 23.2 Å². The Kier molecular flexibility index (Phi) is 5.78. The molecule has 0 aliphatic heterocycles. The first kappa shape index (κ1) is 17.9. The highest BCUT2D eigenvalue weighted by Crippen LogP contribution is 2.32. The quantitative estimate of drug-likeness (QED) is 0.641. The maximum absolute atomic E-state index is 9.94. The fourth-order valence-electron chi connectivity index (χ4n) is 2.59. The van der Waals surface area contributed by atoms with E-state index in [1.807, 2.05) is 38.1 Å². The van der Waals surface area contributed by atoms with Gasteiger partial charge in [-0.3, -0.25) is 0 Å². The Hall–Kier alpha value is -1.44. The zero-order valence-electron chi connectivity index (χ0n) is 14.0. The van der Waals surface area contributed by atoms with Crippen LogP contribution in [0.3, 0.4) is 0 Å². The highest BCUT2D eigenvalue weighted by Gasteiger charge is 2.11. The summed E-state index contributed by atoms with van der Waals surface area (Å²) in [7, 11) is 0. The largest absolute Gasteiger partial charge is 0.508 e. The van der Waals surface area contributed by atoms with E-state index in [9.17, 15) is 5.11 Å². The van der Waals surface area contributed by atoms with Crippen LogP contribution in [-0.4, -0.2) is 5.11 Å². The molecule has 0 radical (unpaired) electrons. The van der Waals surface area contributed by atoms with Gasteiger partial charge in [-0.25, -0.2) is 0 Å².